The third-order valence-corrected chi connectivity index (χ3v) is 1.76. The lowest BCUT2D eigenvalue weighted by atomic mass is 10.4. The van der Waals surface area contributed by atoms with Crippen molar-refractivity contribution in [3.8, 4) is 0 Å². The van der Waals surface area contributed by atoms with Crippen LogP contribution in [0.2, 0.25) is 0 Å². The Balaban J connectivity index is 4.57. The van der Waals surface area contributed by atoms with E-state index in [0.717, 1.165) is 6.92 Å². The van der Waals surface area contributed by atoms with E-state index >= 15 is 0 Å². The Bertz CT molecular complexity index is 414. The molecule has 0 saturated heterocycles. The molecule has 6 nitrogen and oxygen atoms in total. The van der Waals surface area contributed by atoms with Gasteiger partial charge in [-0.15, -0.1) is 8.78 Å². The van der Waals surface area contributed by atoms with E-state index in [4.69, 9.17) is 5.11 Å². The van der Waals surface area contributed by atoms with Gasteiger partial charge in [-0.25, -0.2) is 14.3 Å². The minimum Gasteiger partial charge on any atom is -0.453 e. The molecule has 0 aromatic carbocycles. The topological polar surface area (TPSA) is 74.2 Å². The lowest BCUT2D eigenvalue weighted by molar-refractivity contribution is -0.517. The highest BCUT2D eigenvalue weighted by molar-refractivity contribution is 5.86. The Labute approximate surface area is 126 Å². The van der Waals surface area contributed by atoms with Crippen LogP contribution in [0.4, 0.5) is 26.3 Å². The molecule has 0 bridgehead atoms. The van der Waals surface area contributed by atoms with E-state index in [2.05, 4.69) is 25.5 Å². The Hall–Kier alpha value is -1.37. The zero-order chi connectivity index (χ0) is 18.3. The van der Waals surface area contributed by atoms with Crippen LogP contribution in [0.5, 0.6) is 0 Å². The summed E-state index contributed by atoms with van der Waals surface area (Å²) in [6.07, 6.45) is -14.9. The summed E-state index contributed by atoms with van der Waals surface area (Å²) in [5.74, 6) is -1.32. The average molecular weight is 356 g/mol. The summed E-state index contributed by atoms with van der Waals surface area (Å²) in [4.78, 5) is 10.8. The normalized spacial score (nSPS) is 13.0. The largest absolute Gasteiger partial charge is 0.495 e. The van der Waals surface area contributed by atoms with E-state index in [0.29, 0.717) is 0 Å². The van der Waals surface area contributed by atoms with Crippen LogP contribution in [0.3, 0.4) is 0 Å². The number of ether oxygens (including phenoxy) is 4. The minimum atomic E-state index is -5.41. The second kappa shape index (κ2) is 8.47. The van der Waals surface area contributed by atoms with Gasteiger partial charge in [0, 0.05) is 5.57 Å². The van der Waals surface area contributed by atoms with Crippen molar-refractivity contribution in [3.63, 3.8) is 0 Å². The van der Waals surface area contributed by atoms with Crippen molar-refractivity contribution in [1.82, 2.24) is 0 Å². The molecule has 0 aliphatic rings. The van der Waals surface area contributed by atoms with Crippen molar-refractivity contribution < 1.29 is 55.2 Å². The molecule has 0 aromatic rings. The molecule has 0 saturated carbocycles. The van der Waals surface area contributed by atoms with Gasteiger partial charge in [0.1, 0.15) is 6.61 Å². The quantitative estimate of drug-likeness (QED) is 0.200. The third kappa shape index (κ3) is 10.1. The maximum atomic E-state index is 13.0. The molecule has 0 aliphatic carbocycles. The van der Waals surface area contributed by atoms with Gasteiger partial charge in [-0.2, -0.15) is 17.6 Å². The van der Waals surface area contributed by atoms with Crippen LogP contribution >= 0.6 is 0 Å². The molecular formula is C11H14F6O6. The zero-order valence-corrected chi connectivity index (χ0v) is 11.8. The summed E-state index contributed by atoms with van der Waals surface area (Å²) in [6.45, 7) is -0.832. The molecule has 0 amide bonds. The molecular weight excluding hydrogens is 342 g/mol. The standard InChI is InChI=1S/C11H14F6O6/c1-7(2)8(19)21-6-10(14,15)23-11(16,17)22-9(12,13)5-20-4-3-18/h18H,1,3-6H2,2H3. The molecule has 0 radical (unpaired) electrons. The molecule has 0 heterocycles. The summed E-state index contributed by atoms with van der Waals surface area (Å²) < 4.78 is 91.3. The first-order valence-electron chi connectivity index (χ1n) is 5.85. The number of esters is 1. The predicted molar refractivity (Wildman–Crippen MR) is 60.7 cm³/mol. The van der Waals surface area contributed by atoms with Crippen LogP contribution in [0, 0.1) is 0 Å². The van der Waals surface area contributed by atoms with Crippen molar-refractivity contribution in [1.29, 1.82) is 0 Å². The maximum absolute atomic E-state index is 13.0. The molecule has 0 fully saturated rings. The first-order valence-corrected chi connectivity index (χ1v) is 5.85. The van der Waals surface area contributed by atoms with E-state index in [1.807, 2.05) is 0 Å². The van der Waals surface area contributed by atoms with E-state index in [1.165, 1.54) is 0 Å². The fourth-order valence-corrected chi connectivity index (χ4v) is 0.956. The van der Waals surface area contributed by atoms with Gasteiger partial charge in [0.05, 0.1) is 13.2 Å². The summed E-state index contributed by atoms with van der Waals surface area (Å²) in [7, 11) is 0. The molecule has 0 aromatic heterocycles. The van der Waals surface area contributed by atoms with Gasteiger partial charge in [0.2, 0.25) is 0 Å². The van der Waals surface area contributed by atoms with Crippen molar-refractivity contribution in [2.45, 2.75) is 25.4 Å². The Morgan fingerprint density at radius 2 is 1.52 bits per heavy atom. The molecule has 0 spiro atoms. The SMILES string of the molecule is C=C(C)C(=O)OCC(F)(F)OC(F)(F)OC(F)(F)COCCO. The minimum absolute atomic E-state index is 0.295. The second-order valence-electron chi connectivity index (χ2n) is 4.07. The van der Waals surface area contributed by atoms with Gasteiger partial charge in [0.25, 0.3) is 0 Å². The highest BCUT2D eigenvalue weighted by Crippen LogP contribution is 2.33. The molecule has 1 N–H and O–H groups in total. The van der Waals surface area contributed by atoms with Gasteiger partial charge in [-0.1, -0.05) is 6.58 Å². The monoisotopic (exact) mass is 356 g/mol. The number of carbonyl (C=O) groups is 1. The number of aliphatic hydroxyl groups excluding tert-OH is 1. The van der Waals surface area contributed by atoms with Crippen molar-refractivity contribution in [2.75, 3.05) is 26.4 Å². The number of alkyl halides is 6. The van der Waals surface area contributed by atoms with E-state index < -0.39 is 50.9 Å². The molecule has 0 aliphatic heterocycles. The molecule has 136 valence electrons. The van der Waals surface area contributed by atoms with E-state index in [1.54, 1.807) is 0 Å². The second-order valence-corrected chi connectivity index (χ2v) is 4.07. The van der Waals surface area contributed by atoms with Gasteiger partial charge < -0.3 is 14.6 Å². The zero-order valence-electron chi connectivity index (χ0n) is 11.8. The van der Waals surface area contributed by atoms with Crippen LogP contribution in [-0.2, 0) is 23.7 Å². The van der Waals surface area contributed by atoms with Crippen LogP contribution in [0.25, 0.3) is 0 Å². The number of hydrogen-bond donors (Lipinski definition) is 1. The highest BCUT2D eigenvalue weighted by Gasteiger charge is 2.52. The molecule has 0 unspecified atom stereocenters. The number of rotatable bonds is 11. The lowest BCUT2D eigenvalue weighted by Crippen LogP contribution is -2.44. The Morgan fingerprint density at radius 1 is 1.04 bits per heavy atom. The summed E-state index contributed by atoms with van der Waals surface area (Å²) >= 11 is 0. The Kier molecular flexibility index (Phi) is 7.97. The van der Waals surface area contributed by atoms with Gasteiger partial charge in [0.15, 0.2) is 6.61 Å². The van der Waals surface area contributed by atoms with E-state index in [-0.39, 0.29) is 5.57 Å². The van der Waals surface area contributed by atoms with Gasteiger partial charge >= 0.3 is 24.5 Å². The molecule has 12 heteroatoms. The van der Waals surface area contributed by atoms with Crippen LogP contribution in [-0.4, -0.2) is 56.0 Å². The highest BCUT2D eigenvalue weighted by atomic mass is 19.3. The number of aliphatic hydroxyl groups is 1. The van der Waals surface area contributed by atoms with Crippen LogP contribution in [0.15, 0.2) is 12.2 Å². The van der Waals surface area contributed by atoms with Gasteiger partial charge in [-0.05, 0) is 6.92 Å². The average Bonchev–Trinajstić information content (AvgIpc) is 2.33. The number of halogens is 6. The van der Waals surface area contributed by atoms with Crippen molar-refractivity contribution >= 4 is 5.97 Å². The third-order valence-electron chi connectivity index (χ3n) is 1.76. The maximum Gasteiger partial charge on any atom is 0.495 e. The summed E-state index contributed by atoms with van der Waals surface area (Å²) in [5, 5.41) is 8.26. The fraction of sp³-hybridized carbons (Fsp3) is 0.727. The Morgan fingerprint density at radius 3 is 1.96 bits per heavy atom. The number of hydrogen-bond acceptors (Lipinski definition) is 6. The van der Waals surface area contributed by atoms with Crippen molar-refractivity contribution in [3.05, 3.63) is 12.2 Å². The fourth-order valence-electron chi connectivity index (χ4n) is 0.956. The molecule has 23 heavy (non-hydrogen) atoms. The van der Waals surface area contributed by atoms with Gasteiger partial charge in [-0.3, -0.25) is 0 Å². The molecule has 0 rings (SSSR count). The lowest BCUT2D eigenvalue weighted by Gasteiger charge is -2.26. The van der Waals surface area contributed by atoms with Crippen LogP contribution in [0.1, 0.15) is 6.92 Å². The smallest absolute Gasteiger partial charge is 0.453 e. The summed E-state index contributed by atoms with van der Waals surface area (Å²) in [5.41, 5.74) is -0.295. The van der Waals surface area contributed by atoms with Crippen molar-refractivity contribution in [2.24, 2.45) is 0 Å². The number of carbonyl (C=O) groups excluding carboxylic acids is 1. The van der Waals surface area contributed by atoms with Crippen LogP contribution < -0.4 is 0 Å². The summed E-state index contributed by atoms with van der Waals surface area (Å²) in [6, 6.07) is 0. The first-order chi connectivity index (χ1) is 10.3. The molecule has 0 atom stereocenters. The predicted octanol–water partition coefficient (Wildman–Crippen LogP) is 1.88. The van der Waals surface area contributed by atoms with E-state index in [9.17, 15) is 31.1 Å². The first kappa shape index (κ1) is 21.6.